The van der Waals surface area contributed by atoms with Gasteiger partial charge in [0.25, 0.3) is 0 Å². The van der Waals surface area contributed by atoms with Crippen molar-refractivity contribution in [2.75, 3.05) is 33.3 Å². The molecule has 0 aromatic heterocycles. The van der Waals surface area contributed by atoms with Gasteiger partial charge in [-0.25, -0.2) is 0 Å². The predicted molar refractivity (Wildman–Crippen MR) is 122 cm³/mol. The maximum Gasteiger partial charge on any atom is 0.222 e. The van der Waals surface area contributed by atoms with Crippen molar-refractivity contribution in [3.05, 3.63) is 29.8 Å². The van der Waals surface area contributed by atoms with E-state index in [4.69, 9.17) is 4.74 Å². The molecule has 1 aromatic carbocycles. The summed E-state index contributed by atoms with van der Waals surface area (Å²) < 4.78 is 5.21. The summed E-state index contributed by atoms with van der Waals surface area (Å²) in [5.41, 5.74) is 1.35. The van der Waals surface area contributed by atoms with Crippen molar-refractivity contribution >= 4 is 11.8 Å². The van der Waals surface area contributed by atoms with Crippen molar-refractivity contribution in [3.63, 3.8) is 0 Å². The van der Waals surface area contributed by atoms with Gasteiger partial charge in [0.2, 0.25) is 11.8 Å². The number of nitrogens with zero attached hydrogens (tertiary/aromatic N) is 2. The molecule has 1 aliphatic rings. The number of ether oxygens (including phenoxy) is 1. The maximum absolute atomic E-state index is 12.5. The Bertz CT molecular complexity index is 630. The number of amides is 2. The second kappa shape index (κ2) is 13.3. The molecule has 5 nitrogen and oxygen atoms in total. The fraction of sp³-hybridized carbons (Fsp3) is 0.680. The Kier molecular flexibility index (Phi) is 10.7. The van der Waals surface area contributed by atoms with Crippen molar-refractivity contribution in [2.24, 2.45) is 5.92 Å². The molecular weight excluding hydrogens is 376 g/mol. The van der Waals surface area contributed by atoms with Crippen LogP contribution in [0, 0.1) is 5.92 Å². The molecule has 2 rings (SSSR count). The topological polar surface area (TPSA) is 49.9 Å². The molecule has 2 amide bonds. The quantitative estimate of drug-likeness (QED) is 0.497. The van der Waals surface area contributed by atoms with Gasteiger partial charge < -0.3 is 14.5 Å². The Balaban J connectivity index is 1.64. The number of rotatable bonds is 12. The molecule has 0 aliphatic carbocycles. The standard InChI is InChI=1S/C25H40N2O3/c1-4-17-26(18-5-2)24(28)7-6-8-25(29)27-19-15-22(16-20-27)10-9-21-11-13-23(30-3)14-12-21/h11-14,22H,4-10,15-20H2,1-3H3. The van der Waals surface area contributed by atoms with E-state index >= 15 is 0 Å². The normalized spacial score (nSPS) is 14.6. The van der Waals surface area contributed by atoms with Crippen molar-refractivity contribution in [1.82, 2.24) is 9.80 Å². The molecule has 1 aliphatic heterocycles. The number of piperidine rings is 1. The smallest absolute Gasteiger partial charge is 0.222 e. The molecule has 0 unspecified atom stereocenters. The lowest BCUT2D eigenvalue weighted by atomic mass is 9.90. The molecule has 30 heavy (non-hydrogen) atoms. The number of carbonyl (C=O) groups is 2. The van der Waals surface area contributed by atoms with E-state index in [-0.39, 0.29) is 11.8 Å². The van der Waals surface area contributed by atoms with E-state index in [9.17, 15) is 9.59 Å². The van der Waals surface area contributed by atoms with Crippen LogP contribution in [0.1, 0.15) is 70.8 Å². The van der Waals surface area contributed by atoms with E-state index < -0.39 is 0 Å². The largest absolute Gasteiger partial charge is 0.497 e. The van der Waals surface area contributed by atoms with E-state index in [1.54, 1.807) is 7.11 Å². The van der Waals surface area contributed by atoms with E-state index in [0.717, 1.165) is 64.0 Å². The third kappa shape index (κ3) is 8.00. The molecule has 0 radical (unpaired) electrons. The summed E-state index contributed by atoms with van der Waals surface area (Å²) in [7, 11) is 1.69. The first-order valence-electron chi connectivity index (χ1n) is 11.8. The average molecular weight is 417 g/mol. The molecule has 0 N–H and O–H groups in total. The zero-order chi connectivity index (χ0) is 21.8. The van der Waals surface area contributed by atoms with Crippen LogP contribution in [-0.4, -0.2) is 54.9 Å². The summed E-state index contributed by atoms with van der Waals surface area (Å²) >= 11 is 0. The molecular formula is C25H40N2O3. The zero-order valence-electron chi connectivity index (χ0n) is 19.2. The van der Waals surface area contributed by atoms with Gasteiger partial charge in [-0.15, -0.1) is 0 Å². The lowest BCUT2D eigenvalue weighted by Crippen LogP contribution is -2.38. The van der Waals surface area contributed by atoms with Crippen LogP contribution < -0.4 is 4.74 Å². The van der Waals surface area contributed by atoms with Crippen molar-refractivity contribution in [2.45, 2.75) is 71.6 Å². The summed E-state index contributed by atoms with van der Waals surface area (Å²) in [6.45, 7) is 7.56. The molecule has 1 saturated heterocycles. The average Bonchev–Trinajstić information content (AvgIpc) is 2.78. The molecule has 0 bridgehead atoms. The summed E-state index contributed by atoms with van der Waals surface area (Å²) in [5, 5.41) is 0. The highest BCUT2D eigenvalue weighted by Gasteiger charge is 2.22. The maximum atomic E-state index is 12.5. The molecule has 1 fully saturated rings. The first kappa shape index (κ1) is 24.2. The number of likely N-dealkylation sites (tertiary alicyclic amines) is 1. The van der Waals surface area contributed by atoms with Crippen LogP contribution in [0.4, 0.5) is 0 Å². The van der Waals surface area contributed by atoms with Gasteiger partial charge in [-0.1, -0.05) is 26.0 Å². The van der Waals surface area contributed by atoms with Crippen LogP contribution in [0.3, 0.4) is 0 Å². The van der Waals surface area contributed by atoms with Gasteiger partial charge in [0.05, 0.1) is 7.11 Å². The van der Waals surface area contributed by atoms with Gasteiger partial charge in [0, 0.05) is 39.0 Å². The summed E-state index contributed by atoms with van der Waals surface area (Å²) in [6.07, 6.45) is 8.04. The minimum atomic E-state index is 0.198. The molecule has 0 saturated carbocycles. The molecule has 0 spiro atoms. The lowest BCUT2D eigenvalue weighted by molar-refractivity contribution is -0.133. The first-order valence-corrected chi connectivity index (χ1v) is 11.8. The number of benzene rings is 1. The van der Waals surface area contributed by atoms with Gasteiger partial charge in [-0.3, -0.25) is 9.59 Å². The summed E-state index contributed by atoms with van der Waals surface area (Å²) in [5.74, 6) is 2.00. The number of methoxy groups -OCH3 is 1. The fourth-order valence-electron chi connectivity index (χ4n) is 4.24. The number of carbonyl (C=O) groups excluding carboxylic acids is 2. The van der Waals surface area contributed by atoms with E-state index in [2.05, 4.69) is 26.0 Å². The number of hydrogen-bond acceptors (Lipinski definition) is 3. The van der Waals surface area contributed by atoms with Crippen LogP contribution in [0.15, 0.2) is 24.3 Å². The van der Waals surface area contributed by atoms with Crippen LogP contribution in [0.2, 0.25) is 0 Å². The van der Waals surface area contributed by atoms with E-state index in [1.165, 1.54) is 12.0 Å². The Morgan fingerprint density at radius 3 is 2.23 bits per heavy atom. The Labute approximate surface area is 182 Å². The SMILES string of the molecule is CCCN(CCC)C(=O)CCCC(=O)N1CCC(CCc2ccc(OC)cc2)CC1. The highest BCUT2D eigenvalue weighted by atomic mass is 16.5. The molecule has 1 aromatic rings. The monoisotopic (exact) mass is 416 g/mol. The molecule has 0 atom stereocenters. The van der Waals surface area contributed by atoms with Crippen molar-refractivity contribution < 1.29 is 14.3 Å². The second-order valence-electron chi connectivity index (χ2n) is 8.45. The van der Waals surface area contributed by atoms with E-state index in [0.29, 0.717) is 25.2 Å². The van der Waals surface area contributed by atoms with Crippen LogP contribution in [-0.2, 0) is 16.0 Å². The lowest BCUT2D eigenvalue weighted by Gasteiger charge is -2.32. The Hall–Kier alpha value is -2.04. The van der Waals surface area contributed by atoms with Crippen LogP contribution >= 0.6 is 0 Å². The highest BCUT2D eigenvalue weighted by molar-refractivity contribution is 5.79. The number of hydrogen-bond donors (Lipinski definition) is 0. The Morgan fingerprint density at radius 2 is 1.67 bits per heavy atom. The predicted octanol–water partition coefficient (Wildman–Crippen LogP) is 4.69. The van der Waals surface area contributed by atoms with Gasteiger partial charge in [-0.2, -0.15) is 0 Å². The molecule has 1 heterocycles. The Morgan fingerprint density at radius 1 is 1.03 bits per heavy atom. The fourth-order valence-corrected chi connectivity index (χ4v) is 4.24. The van der Waals surface area contributed by atoms with Crippen molar-refractivity contribution in [3.8, 4) is 5.75 Å². The molecule has 5 heteroatoms. The van der Waals surface area contributed by atoms with Gasteiger partial charge in [0.15, 0.2) is 0 Å². The van der Waals surface area contributed by atoms with Gasteiger partial charge in [0.1, 0.15) is 5.75 Å². The summed E-state index contributed by atoms with van der Waals surface area (Å²) in [4.78, 5) is 28.8. The molecule has 168 valence electrons. The minimum absolute atomic E-state index is 0.198. The van der Waals surface area contributed by atoms with Crippen molar-refractivity contribution in [1.29, 1.82) is 0 Å². The second-order valence-corrected chi connectivity index (χ2v) is 8.45. The summed E-state index contributed by atoms with van der Waals surface area (Å²) in [6, 6.07) is 8.32. The van der Waals surface area contributed by atoms with E-state index in [1.807, 2.05) is 21.9 Å². The third-order valence-corrected chi connectivity index (χ3v) is 6.09. The highest BCUT2D eigenvalue weighted by Crippen LogP contribution is 2.24. The minimum Gasteiger partial charge on any atom is -0.497 e. The first-order chi connectivity index (χ1) is 14.6. The van der Waals surface area contributed by atoms with Gasteiger partial charge in [-0.05, 0) is 68.6 Å². The van der Waals surface area contributed by atoms with Crippen LogP contribution in [0.25, 0.3) is 0 Å². The zero-order valence-corrected chi connectivity index (χ0v) is 19.2. The number of aryl methyl sites for hydroxylation is 1. The third-order valence-electron chi connectivity index (χ3n) is 6.09. The van der Waals surface area contributed by atoms with Gasteiger partial charge >= 0.3 is 0 Å². The van der Waals surface area contributed by atoms with Crippen LogP contribution in [0.5, 0.6) is 5.75 Å².